The fourth-order valence-electron chi connectivity index (χ4n) is 1.92. The van der Waals surface area contributed by atoms with Crippen LogP contribution in [-0.4, -0.2) is 27.2 Å². The van der Waals surface area contributed by atoms with Crippen LogP contribution in [0.3, 0.4) is 0 Å². The Hall–Kier alpha value is -2.14. The summed E-state index contributed by atoms with van der Waals surface area (Å²) in [5.74, 6) is -0.853. The van der Waals surface area contributed by atoms with Crippen LogP contribution in [0, 0.1) is 0 Å². The normalized spacial score (nSPS) is 12.2. The summed E-state index contributed by atoms with van der Waals surface area (Å²) in [6.45, 7) is 1.47. The lowest BCUT2D eigenvalue weighted by atomic mass is 10.1. The quantitative estimate of drug-likeness (QED) is 0.742. The van der Waals surface area contributed by atoms with E-state index in [1.807, 2.05) is 41.1 Å². The van der Waals surface area contributed by atoms with Gasteiger partial charge in [-0.15, -0.1) is 0 Å². The molecule has 2 N–H and O–H groups in total. The van der Waals surface area contributed by atoms with Gasteiger partial charge in [0.1, 0.15) is 6.04 Å². The highest BCUT2D eigenvalue weighted by molar-refractivity contribution is 5.75. The third-order valence-corrected chi connectivity index (χ3v) is 2.88. The SMILES string of the molecule is O=C(O)[C@@H](NCCCn1ccnc1)c1ccccc1. The molecule has 1 atom stereocenters. The number of carbonyl (C=O) groups is 1. The Labute approximate surface area is 111 Å². The maximum atomic E-state index is 11.2. The van der Waals surface area contributed by atoms with E-state index in [9.17, 15) is 9.90 Å². The molecule has 5 nitrogen and oxygen atoms in total. The number of nitrogens with one attached hydrogen (secondary N) is 1. The van der Waals surface area contributed by atoms with E-state index >= 15 is 0 Å². The van der Waals surface area contributed by atoms with Gasteiger partial charge in [0.25, 0.3) is 0 Å². The Morgan fingerprint density at radius 1 is 1.37 bits per heavy atom. The highest BCUT2D eigenvalue weighted by atomic mass is 16.4. The summed E-state index contributed by atoms with van der Waals surface area (Å²) >= 11 is 0. The van der Waals surface area contributed by atoms with Gasteiger partial charge in [0, 0.05) is 18.9 Å². The molecule has 0 radical (unpaired) electrons. The first-order valence-corrected chi connectivity index (χ1v) is 6.24. The largest absolute Gasteiger partial charge is 0.480 e. The number of carboxylic acid groups (broad SMARTS) is 1. The highest BCUT2D eigenvalue weighted by Gasteiger charge is 2.17. The Kier molecular flexibility index (Phi) is 4.69. The molecule has 19 heavy (non-hydrogen) atoms. The van der Waals surface area contributed by atoms with E-state index in [2.05, 4.69) is 10.3 Å². The lowest BCUT2D eigenvalue weighted by Crippen LogP contribution is -2.29. The van der Waals surface area contributed by atoms with E-state index in [-0.39, 0.29) is 0 Å². The van der Waals surface area contributed by atoms with Crippen LogP contribution in [0.25, 0.3) is 0 Å². The second kappa shape index (κ2) is 6.70. The molecule has 0 fully saturated rings. The minimum atomic E-state index is -0.853. The van der Waals surface area contributed by atoms with E-state index in [1.165, 1.54) is 0 Å². The number of rotatable bonds is 7. The maximum absolute atomic E-state index is 11.2. The second-order valence-electron chi connectivity index (χ2n) is 4.29. The van der Waals surface area contributed by atoms with Crippen LogP contribution in [0.2, 0.25) is 0 Å². The van der Waals surface area contributed by atoms with Gasteiger partial charge in [0.2, 0.25) is 0 Å². The molecule has 0 bridgehead atoms. The van der Waals surface area contributed by atoms with Crippen molar-refractivity contribution in [1.29, 1.82) is 0 Å². The number of aromatic nitrogens is 2. The fourth-order valence-corrected chi connectivity index (χ4v) is 1.92. The monoisotopic (exact) mass is 259 g/mol. The number of hydrogen-bond acceptors (Lipinski definition) is 3. The summed E-state index contributed by atoms with van der Waals surface area (Å²) in [4.78, 5) is 15.2. The van der Waals surface area contributed by atoms with Crippen molar-refractivity contribution in [2.24, 2.45) is 0 Å². The van der Waals surface area contributed by atoms with Crippen molar-refractivity contribution in [3.05, 3.63) is 54.6 Å². The van der Waals surface area contributed by atoms with Crippen LogP contribution < -0.4 is 5.32 Å². The van der Waals surface area contributed by atoms with Crippen molar-refractivity contribution in [3.8, 4) is 0 Å². The summed E-state index contributed by atoms with van der Waals surface area (Å²) < 4.78 is 1.97. The molecule has 2 aromatic rings. The number of benzene rings is 1. The smallest absolute Gasteiger partial charge is 0.325 e. The van der Waals surface area contributed by atoms with Gasteiger partial charge in [-0.2, -0.15) is 0 Å². The molecule has 5 heteroatoms. The summed E-state index contributed by atoms with van der Waals surface area (Å²) in [5.41, 5.74) is 0.776. The van der Waals surface area contributed by atoms with Crippen LogP contribution in [0.15, 0.2) is 49.1 Å². The van der Waals surface area contributed by atoms with Gasteiger partial charge in [-0.1, -0.05) is 30.3 Å². The van der Waals surface area contributed by atoms with Gasteiger partial charge < -0.3 is 15.0 Å². The van der Waals surface area contributed by atoms with Crippen LogP contribution >= 0.6 is 0 Å². The Bertz CT molecular complexity index is 497. The molecule has 2 rings (SSSR count). The molecule has 0 aliphatic carbocycles. The minimum Gasteiger partial charge on any atom is -0.480 e. The number of nitrogens with zero attached hydrogens (tertiary/aromatic N) is 2. The van der Waals surface area contributed by atoms with Crippen molar-refractivity contribution in [3.63, 3.8) is 0 Å². The predicted molar refractivity (Wildman–Crippen MR) is 71.7 cm³/mol. The van der Waals surface area contributed by atoms with Crippen molar-refractivity contribution in [2.45, 2.75) is 19.0 Å². The number of aliphatic carboxylic acids is 1. The van der Waals surface area contributed by atoms with Crippen molar-refractivity contribution in [1.82, 2.24) is 14.9 Å². The zero-order valence-electron chi connectivity index (χ0n) is 10.6. The van der Waals surface area contributed by atoms with Gasteiger partial charge in [0.15, 0.2) is 0 Å². The third-order valence-electron chi connectivity index (χ3n) is 2.88. The summed E-state index contributed by atoms with van der Waals surface area (Å²) in [5, 5.41) is 12.3. The zero-order chi connectivity index (χ0) is 13.5. The molecule has 0 saturated heterocycles. The van der Waals surface area contributed by atoms with E-state index < -0.39 is 12.0 Å². The van der Waals surface area contributed by atoms with Crippen molar-refractivity contribution < 1.29 is 9.90 Å². The van der Waals surface area contributed by atoms with E-state index in [1.54, 1.807) is 12.5 Å². The molecule has 0 unspecified atom stereocenters. The van der Waals surface area contributed by atoms with Gasteiger partial charge in [-0.05, 0) is 18.5 Å². The average molecular weight is 259 g/mol. The van der Waals surface area contributed by atoms with Gasteiger partial charge >= 0.3 is 5.97 Å². The topological polar surface area (TPSA) is 67.2 Å². The van der Waals surface area contributed by atoms with Crippen LogP contribution in [0.1, 0.15) is 18.0 Å². The first-order chi connectivity index (χ1) is 9.27. The first kappa shape index (κ1) is 13.3. The Morgan fingerprint density at radius 3 is 2.79 bits per heavy atom. The number of imidazole rings is 1. The molecule has 100 valence electrons. The minimum absolute atomic E-state index is 0.643. The van der Waals surface area contributed by atoms with E-state index in [0.29, 0.717) is 6.54 Å². The van der Waals surface area contributed by atoms with Gasteiger partial charge in [-0.25, -0.2) is 4.98 Å². The van der Waals surface area contributed by atoms with Crippen LogP contribution in [-0.2, 0) is 11.3 Å². The standard InChI is InChI=1S/C14H17N3O2/c18-14(19)13(12-5-2-1-3-6-12)16-7-4-9-17-10-8-15-11-17/h1-3,5-6,8,10-11,13,16H,4,7,9H2,(H,18,19)/t13-/m0/s1. The molecule has 0 amide bonds. The number of aryl methyl sites for hydroxylation is 1. The van der Waals surface area contributed by atoms with E-state index in [0.717, 1.165) is 18.5 Å². The van der Waals surface area contributed by atoms with E-state index in [4.69, 9.17) is 0 Å². The fraction of sp³-hybridized carbons (Fsp3) is 0.286. The van der Waals surface area contributed by atoms with Crippen LogP contribution in [0.5, 0.6) is 0 Å². The summed E-state index contributed by atoms with van der Waals surface area (Å²) in [7, 11) is 0. The van der Waals surface area contributed by atoms with Gasteiger partial charge in [-0.3, -0.25) is 4.79 Å². The number of carboxylic acids is 1. The molecule has 1 aromatic heterocycles. The average Bonchev–Trinajstić information content (AvgIpc) is 2.92. The zero-order valence-corrected chi connectivity index (χ0v) is 10.6. The molecular formula is C14H17N3O2. The molecule has 0 aliphatic rings. The molecule has 0 aliphatic heterocycles. The molecule has 1 aromatic carbocycles. The molecular weight excluding hydrogens is 242 g/mol. The molecule has 0 spiro atoms. The number of hydrogen-bond donors (Lipinski definition) is 2. The summed E-state index contributed by atoms with van der Waals surface area (Å²) in [6.07, 6.45) is 6.24. The Balaban J connectivity index is 1.83. The lowest BCUT2D eigenvalue weighted by Gasteiger charge is -2.14. The lowest BCUT2D eigenvalue weighted by molar-refractivity contribution is -0.139. The van der Waals surface area contributed by atoms with Gasteiger partial charge in [0.05, 0.1) is 6.33 Å². The van der Waals surface area contributed by atoms with Crippen molar-refractivity contribution >= 4 is 5.97 Å². The third kappa shape index (κ3) is 3.93. The molecule has 1 heterocycles. The maximum Gasteiger partial charge on any atom is 0.325 e. The Morgan fingerprint density at radius 2 is 2.16 bits per heavy atom. The van der Waals surface area contributed by atoms with Crippen LogP contribution in [0.4, 0.5) is 0 Å². The second-order valence-corrected chi connectivity index (χ2v) is 4.29. The van der Waals surface area contributed by atoms with Crippen molar-refractivity contribution in [2.75, 3.05) is 6.54 Å². The summed E-state index contributed by atoms with van der Waals surface area (Å²) in [6, 6.07) is 8.56. The highest BCUT2D eigenvalue weighted by Crippen LogP contribution is 2.12. The molecule has 0 saturated carbocycles. The predicted octanol–water partition coefficient (Wildman–Crippen LogP) is 1.69. The first-order valence-electron chi connectivity index (χ1n) is 6.24.